The number of para-hydroxylation sites is 2. The Balaban J connectivity index is 1.66. The quantitative estimate of drug-likeness (QED) is 0.571. The first-order chi connectivity index (χ1) is 14.3. The smallest absolute Gasteiger partial charge is 0.262 e. The minimum atomic E-state index is -4.06. The van der Waals surface area contributed by atoms with Crippen LogP contribution in [0.3, 0.4) is 0 Å². The predicted octanol–water partition coefficient (Wildman–Crippen LogP) is 3.82. The molecule has 0 aliphatic heterocycles. The summed E-state index contributed by atoms with van der Waals surface area (Å²) in [7, 11) is -4.06. The Labute approximate surface area is 174 Å². The number of sulfonamides is 1. The van der Waals surface area contributed by atoms with Gasteiger partial charge in [0.15, 0.2) is 0 Å². The van der Waals surface area contributed by atoms with Crippen molar-refractivity contribution in [1.82, 2.24) is 5.32 Å². The van der Waals surface area contributed by atoms with E-state index in [0.29, 0.717) is 5.75 Å². The van der Waals surface area contributed by atoms with E-state index in [2.05, 4.69) is 10.0 Å². The largest absolute Gasteiger partial charge is 0.491 e. The molecule has 3 rings (SSSR count). The summed E-state index contributed by atoms with van der Waals surface area (Å²) < 4.78 is 46.7. The second kappa shape index (κ2) is 9.41. The van der Waals surface area contributed by atoms with Gasteiger partial charge in [0, 0.05) is 5.56 Å². The Bertz CT molecular complexity index is 1120. The summed E-state index contributed by atoms with van der Waals surface area (Å²) in [5.74, 6) is -0.449. The number of amides is 1. The van der Waals surface area contributed by atoms with Crippen LogP contribution in [0.2, 0.25) is 0 Å². The number of hydrogen-bond donors (Lipinski definition) is 2. The third-order valence-electron chi connectivity index (χ3n) is 4.15. The fourth-order valence-electron chi connectivity index (χ4n) is 2.64. The maximum Gasteiger partial charge on any atom is 0.262 e. The van der Waals surface area contributed by atoms with Crippen molar-refractivity contribution in [2.75, 3.05) is 11.3 Å². The average molecular weight is 428 g/mol. The summed E-state index contributed by atoms with van der Waals surface area (Å²) >= 11 is 0. The summed E-state index contributed by atoms with van der Waals surface area (Å²) in [5, 5.41) is 2.76. The van der Waals surface area contributed by atoms with E-state index in [4.69, 9.17) is 4.74 Å². The predicted molar refractivity (Wildman–Crippen MR) is 113 cm³/mol. The zero-order valence-electron chi connectivity index (χ0n) is 16.2. The van der Waals surface area contributed by atoms with Crippen molar-refractivity contribution in [3.05, 3.63) is 90.2 Å². The minimum Gasteiger partial charge on any atom is -0.491 e. The lowest BCUT2D eigenvalue weighted by atomic mass is 10.2. The topological polar surface area (TPSA) is 84.5 Å². The Kier molecular flexibility index (Phi) is 6.68. The monoisotopic (exact) mass is 428 g/mol. The molecule has 0 saturated heterocycles. The van der Waals surface area contributed by atoms with Crippen LogP contribution in [0.25, 0.3) is 0 Å². The minimum absolute atomic E-state index is 0.147. The van der Waals surface area contributed by atoms with E-state index in [9.17, 15) is 17.6 Å². The van der Waals surface area contributed by atoms with E-state index < -0.39 is 21.7 Å². The van der Waals surface area contributed by atoms with E-state index in [0.717, 1.165) is 6.07 Å². The molecule has 0 radical (unpaired) electrons. The van der Waals surface area contributed by atoms with Crippen LogP contribution >= 0.6 is 0 Å². The number of ether oxygens (including phenoxy) is 1. The normalized spacial score (nSPS) is 12.1. The van der Waals surface area contributed by atoms with Crippen molar-refractivity contribution in [1.29, 1.82) is 0 Å². The molecule has 156 valence electrons. The molecular weight excluding hydrogens is 407 g/mol. The molecule has 3 aromatic rings. The molecule has 0 aliphatic carbocycles. The molecule has 2 N–H and O–H groups in total. The van der Waals surface area contributed by atoms with Crippen LogP contribution in [0.1, 0.15) is 17.3 Å². The molecule has 1 unspecified atom stereocenters. The van der Waals surface area contributed by atoms with Crippen molar-refractivity contribution in [2.45, 2.75) is 17.9 Å². The first kappa shape index (κ1) is 21.3. The highest BCUT2D eigenvalue weighted by molar-refractivity contribution is 7.92. The van der Waals surface area contributed by atoms with Gasteiger partial charge in [-0.15, -0.1) is 0 Å². The van der Waals surface area contributed by atoms with Crippen molar-refractivity contribution >= 4 is 21.6 Å². The van der Waals surface area contributed by atoms with Crippen LogP contribution in [0.5, 0.6) is 5.75 Å². The molecule has 1 amide bonds. The van der Waals surface area contributed by atoms with Gasteiger partial charge in [-0.3, -0.25) is 9.52 Å². The zero-order valence-corrected chi connectivity index (χ0v) is 17.0. The van der Waals surface area contributed by atoms with Crippen LogP contribution in [0, 0.1) is 5.82 Å². The Morgan fingerprint density at radius 3 is 2.43 bits per heavy atom. The van der Waals surface area contributed by atoms with Gasteiger partial charge in [-0.2, -0.15) is 0 Å². The van der Waals surface area contributed by atoms with Gasteiger partial charge in [-0.25, -0.2) is 12.8 Å². The van der Waals surface area contributed by atoms with Crippen LogP contribution in [-0.2, 0) is 10.0 Å². The molecule has 8 heteroatoms. The Morgan fingerprint density at radius 2 is 1.70 bits per heavy atom. The summed E-state index contributed by atoms with van der Waals surface area (Å²) in [5.41, 5.74) is -0.00277. The molecule has 0 aromatic heterocycles. The first-order valence-electron chi connectivity index (χ1n) is 9.21. The van der Waals surface area contributed by atoms with Crippen molar-refractivity contribution in [3.8, 4) is 5.75 Å². The van der Waals surface area contributed by atoms with E-state index in [1.807, 2.05) is 30.3 Å². The SMILES string of the molecule is CC(COc1ccccc1)NC(=O)c1cccc(S(=O)(=O)Nc2ccccc2F)c1. The molecule has 0 bridgehead atoms. The summed E-state index contributed by atoms with van der Waals surface area (Å²) in [4.78, 5) is 12.4. The maximum absolute atomic E-state index is 13.8. The third-order valence-corrected chi connectivity index (χ3v) is 5.51. The second-order valence-corrected chi connectivity index (χ2v) is 8.29. The second-order valence-electron chi connectivity index (χ2n) is 6.61. The van der Waals surface area contributed by atoms with Crippen LogP contribution in [0.15, 0.2) is 83.8 Å². The van der Waals surface area contributed by atoms with Crippen molar-refractivity contribution in [3.63, 3.8) is 0 Å². The van der Waals surface area contributed by atoms with Gasteiger partial charge < -0.3 is 10.1 Å². The average Bonchev–Trinajstić information content (AvgIpc) is 2.74. The maximum atomic E-state index is 13.8. The van der Waals surface area contributed by atoms with Crippen molar-refractivity contribution in [2.24, 2.45) is 0 Å². The molecule has 0 spiro atoms. The number of halogens is 1. The van der Waals surface area contributed by atoms with Crippen LogP contribution < -0.4 is 14.8 Å². The standard InChI is InChI=1S/C22H21FN2O4S/c1-16(15-29-18-9-3-2-4-10-18)24-22(26)17-8-7-11-19(14-17)30(27,28)25-21-13-6-5-12-20(21)23/h2-14,16,25H,15H2,1H3,(H,24,26). The van der Waals surface area contributed by atoms with E-state index in [1.165, 1.54) is 42.5 Å². The highest BCUT2D eigenvalue weighted by Crippen LogP contribution is 2.19. The van der Waals surface area contributed by atoms with Crippen molar-refractivity contribution < 1.29 is 22.3 Å². The number of benzene rings is 3. The lowest BCUT2D eigenvalue weighted by Crippen LogP contribution is -2.36. The fourth-order valence-corrected chi connectivity index (χ4v) is 3.75. The highest BCUT2D eigenvalue weighted by Gasteiger charge is 2.18. The van der Waals surface area contributed by atoms with E-state index in [-0.39, 0.29) is 28.8 Å². The molecule has 0 heterocycles. The third kappa shape index (κ3) is 5.57. The van der Waals surface area contributed by atoms with E-state index in [1.54, 1.807) is 6.92 Å². The number of nitrogens with one attached hydrogen (secondary N) is 2. The molecule has 0 fully saturated rings. The van der Waals surface area contributed by atoms with Gasteiger partial charge in [-0.1, -0.05) is 36.4 Å². The number of carbonyl (C=O) groups excluding carboxylic acids is 1. The van der Waals surface area contributed by atoms with Gasteiger partial charge in [0.05, 0.1) is 16.6 Å². The van der Waals surface area contributed by atoms with Gasteiger partial charge in [0.2, 0.25) is 0 Å². The summed E-state index contributed by atoms with van der Waals surface area (Å²) in [6, 6.07) is 19.9. The lowest BCUT2D eigenvalue weighted by Gasteiger charge is -2.15. The number of rotatable bonds is 8. The molecule has 3 aromatic carbocycles. The summed E-state index contributed by atoms with van der Waals surface area (Å²) in [6.07, 6.45) is 0. The highest BCUT2D eigenvalue weighted by atomic mass is 32.2. The summed E-state index contributed by atoms with van der Waals surface area (Å²) in [6.45, 7) is 2.03. The van der Waals surface area contributed by atoms with Gasteiger partial charge in [0.1, 0.15) is 18.2 Å². The van der Waals surface area contributed by atoms with Gasteiger partial charge in [-0.05, 0) is 49.4 Å². The Hall–Kier alpha value is -3.39. The zero-order chi connectivity index (χ0) is 21.6. The van der Waals surface area contributed by atoms with Crippen LogP contribution in [0.4, 0.5) is 10.1 Å². The first-order valence-corrected chi connectivity index (χ1v) is 10.7. The number of anilines is 1. The lowest BCUT2D eigenvalue weighted by molar-refractivity contribution is 0.0926. The fraction of sp³-hybridized carbons (Fsp3) is 0.136. The number of hydrogen-bond acceptors (Lipinski definition) is 4. The van der Waals surface area contributed by atoms with E-state index >= 15 is 0 Å². The number of carbonyl (C=O) groups is 1. The molecule has 1 atom stereocenters. The van der Waals surface area contributed by atoms with Gasteiger partial charge >= 0.3 is 0 Å². The van der Waals surface area contributed by atoms with Gasteiger partial charge in [0.25, 0.3) is 15.9 Å². The Morgan fingerprint density at radius 1 is 1.00 bits per heavy atom. The molecule has 0 aliphatic rings. The molecular formula is C22H21FN2O4S. The molecule has 30 heavy (non-hydrogen) atoms. The molecule has 0 saturated carbocycles. The molecule has 6 nitrogen and oxygen atoms in total. The van der Waals surface area contributed by atoms with Crippen LogP contribution in [-0.4, -0.2) is 27.0 Å².